The number of hydrogen-bond donors (Lipinski definition) is 0. The summed E-state index contributed by atoms with van der Waals surface area (Å²) in [5, 5.41) is 5.96. The Kier molecular flexibility index (Phi) is 3.93. The summed E-state index contributed by atoms with van der Waals surface area (Å²) in [5.41, 5.74) is 1.74. The average molecular weight is 307 g/mol. The van der Waals surface area contributed by atoms with Gasteiger partial charge in [-0.2, -0.15) is 5.10 Å². The summed E-state index contributed by atoms with van der Waals surface area (Å²) in [5.74, 6) is 2.67. The average Bonchev–Trinajstić information content (AvgIpc) is 2.92. The highest BCUT2D eigenvalue weighted by Crippen LogP contribution is 2.36. The van der Waals surface area contributed by atoms with Gasteiger partial charge in [-0.05, 0) is 31.6 Å². The van der Waals surface area contributed by atoms with Crippen molar-refractivity contribution < 1.29 is 4.74 Å². The first-order valence-corrected chi connectivity index (χ1v) is 8.18. The third-order valence-corrected chi connectivity index (χ3v) is 4.75. The molecule has 1 aliphatic heterocycles. The van der Waals surface area contributed by atoms with E-state index in [9.17, 15) is 0 Å². The van der Waals surface area contributed by atoms with E-state index in [4.69, 9.17) is 22.8 Å². The van der Waals surface area contributed by atoms with Crippen LogP contribution in [-0.2, 0) is 4.74 Å². The van der Waals surface area contributed by atoms with Crippen LogP contribution in [0.4, 0.5) is 0 Å². The van der Waals surface area contributed by atoms with Gasteiger partial charge in [0.2, 0.25) is 0 Å². The number of hydrogen-bond acceptors (Lipinski definition) is 3. The van der Waals surface area contributed by atoms with Gasteiger partial charge in [-0.25, -0.2) is 4.68 Å². The van der Waals surface area contributed by atoms with Crippen LogP contribution < -0.4 is 0 Å². The minimum atomic E-state index is 0.00343. The quantitative estimate of drug-likeness (QED) is 0.617. The lowest BCUT2D eigenvalue weighted by molar-refractivity contribution is -0.0366. The van der Waals surface area contributed by atoms with E-state index in [1.165, 1.54) is 0 Å². The molecule has 104 valence electrons. The van der Waals surface area contributed by atoms with Crippen molar-refractivity contribution in [2.24, 2.45) is 0 Å². The lowest BCUT2D eigenvalue weighted by atomic mass is 10.1. The van der Waals surface area contributed by atoms with Crippen LogP contribution in [0, 0.1) is 12.3 Å². The first-order chi connectivity index (χ1) is 9.76. The summed E-state index contributed by atoms with van der Waals surface area (Å²) in [6.07, 6.45) is 12.6. The van der Waals surface area contributed by atoms with Crippen LogP contribution in [0.3, 0.4) is 0 Å². The second-order valence-corrected chi connectivity index (χ2v) is 5.98. The first kappa shape index (κ1) is 13.8. The highest BCUT2D eigenvalue weighted by molar-refractivity contribution is 7.98. The molecule has 0 spiro atoms. The number of thioether (sulfide) groups is 1. The Morgan fingerprint density at radius 3 is 3.05 bits per heavy atom. The molecule has 1 aromatic heterocycles. The van der Waals surface area contributed by atoms with Crippen LogP contribution in [0.15, 0.2) is 17.2 Å². The van der Waals surface area contributed by atoms with Crippen LogP contribution in [0.1, 0.15) is 31.1 Å². The van der Waals surface area contributed by atoms with E-state index in [1.807, 2.05) is 10.9 Å². The molecule has 0 N–H and O–H groups in total. The van der Waals surface area contributed by atoms with Gasteiger partial charge in [0, 0.05) is 16.9 Å². The number of fused-ring (bicyclic) bond motifs is 1. The normalized spacial score (nSPS) is 19.1. The molecule has 0 radical (unpaired) electrons. The number of terminal acetylenes is 1. The van der Waals surface area contributed by atoms with Crippen LogP contribution in [0.25, 0.3) is 10.9 Å². The fourth-order valence-electron chi connectivity index (χ4n) is 2.57. The van der Waals surface area contributed by atoms with Gasteiger partial charge in [0.05, 0.1) is 22.3 Å². The van der Waals surface area contributed by atoms with Gasteiger partial charge in [-0.3, -0.25) is 0 Å². The molecule has 0 amide bonds. The van der Waals surface area contributed by atoms with Gasteiger partial charge in [-0.1, -0.05) is 17.5 Å². The van der Waals surface area contributed by atoms with Crippen molar-refractivity contribution in [3.05, 3.63) is 22.8 Å². The van der Waals surface area contributed by atoms with Gasteiger partial charge < -0.3 is 4.74 Å². The summed E-state index contributed by atoms with van der Waals surface area (Å²) in [6.45, 7) is 0.789. The van der Waals surface area contributed by atoms with Gasteiger partial charge >= 0.3 is 0 Å². The Bertz CT molecular complexity index is 683. The first-order valence-electron chi connectivity index (χ1n) is 6.58. The molecule has 1 aromatic carbocycles. The van der Waals surface area contributed by atoms with Crippen molar-refractivity contribution >= 4 is 34.3 Å². The van der Waals surface area contributed by atoms with Gasteiger partial charge in [-0.15, -0.1) is 18.2 Å². The lowest BCUT2D eigenvalue weighted by Gasteiger charge is -2.23. The molecular weight excluding hydrogens is 292 g/mol. The van der Waals surface area contributed by atoms with E-state index in [1.54, 1.807) is 18.0 Å². The summed E-state index contributed by atoms with van der Waals surface area (Å²) in [4.78, 5) is 1.00. The number of nitrogens with zero attached hydrogens (tertiary/aromatic N) is 2. The third-order valence-electron chi connectivity index (χ3n) is 3.60. The summed E-state index contributed by atoms with van der Waals surface area (Å²) in [6, 6.07) is 2.06. The Balaban J connectivity index is 2.17. The molecule has 20 heavy (non-hydrogen) atoms. The van der Waals surface area contributed by atoms with Crippen molar-refractivity contribution in [3.63, 3.8) is 0 Å². The number of ether oxygens (including phenoxy) is 1. The molecule has 1 atom stereocenters. The molecule has 2 aromatic rings. The minimum absolute atomic E-state index is 0.00343. The van der Waals surface area contributed by atoms with E-state index in [-0.39, 0.29) is 6.23 Å². The number of rotatable bonds is 2. The molecule has 3 nitrogen and oxygen atoms in total. The largest absolute Gasteiger partial charge is 0.356 e. The van der Waals surface area contributed by atoms with Crippen LogP contribution in [-0.4, -0.2) is 22.6 Å². The van der Waals surface area contributed by atoms with Crippen molar-refractivity contribution in [1.29, 1.82) is 0 Å². The van der Waals surface area contributed by atoms with E-state index >= 15 is 0 Å². The maximum absolute atomic E-state index is 6.43. The third kappa shape index (κ3) is 2.20. The van der Waals surface area contributed by atoms with E-state index in [0.29, 0.717) is 5.02 Å². The summed E-state index contributed by atoms with van der Waals surface area (Å²) < 4.78 is 7.74. The Hall–Kier alpha value is -1.15. The van der Waals surface area contributed by atoms with Crippen LogP contribution >= 0.6 is 23.4 Å². The molecule has 3 rings (SSSR count). The van der Waals surface area contributed by atoms with Gasteiger partial charge in [0.1, 0.15) is 0 Å². The monoisotopic (exact) mass is 306 g/mol. The van der Waals surface area contributed by atoms with Crippen molar-refractivity contribution in [1.82, 2.24) is 9.78 Å². The van der Waals surface area contributed by atoms with Crippen molar-refractivity contribution in [2.45, 2.75) is 30.4 Å². The van der Waals surface area contributed by atoms with Crippen LogP contribution in [0.5, 0.6) is 0 Å². The fraction of sp³-hybridized carbons (Fsp3) is 0.400. The van der Waals surface area contributed by atoms with E-state index < -0.39 is 0 Å². The molecule has 2 heterocycles. The SMILES string of the molecule is C#Cc1c(SC)cc2c(cnn2C2CCCCO2)c1Cl. The topological polar surface area (TPSA) is 27.1 Å². The van der Waals surface area contributed by atoms with E-state index in [2.05, 4.69) is 17.1 Å². The summed E-state index contributed by atoms with van der Waals surface area (Å²) in [7, 11) is 0. The van der Waals surface area contributed by atoms with Crippen LogP contribution in [0.2, 0.25) is 5.02 Å². The highest BCUT2D eigenvalue weighted by Gasteiger charge is 2.21. The molecule has 0 bridgehead atoms. The Morgan fingerprint density at radius 2 is 2.40 bits per heavy atom. The number of aromatic nitrogens is 2. The smallest absolute Gasteiger partial charge is 0.150 e. The fourth-order valence-corrected chi connectivity index (χ4v) is 3.52. The zero-order valence-corrected chi connectivity index (χ0v) is 12.8. The molecule has 1 saturated heterocycles. The van der Waals surface area contributed by atoms with Gasteiger partial charge in [0.15, 0.2) is 6.23 Å². The molecule has 0 aliphatic carbocycles. The maximum Gasteiger partial charge on any atom is 0.150 e. The lowest BCUT2D eigenvalue weighted by Crippen LogP contribution is -2.19. The van der Waals surface area contributed by atoms with Crippen molar-refractivity contribution in [3.8, 4) is 12.3 Å². The number of halogens is 1. The molecule has 1 fully saturated rings. The highest BCUT2D eigenvalue weighted by atomic mass is 35.5. The second-order valence-electron chi connectivity index (χ2n) is 4.76. The molecule has 0 saturated carbocycles. The zero-order valence-electron chi connectivity index (χ0n) is 11.2. The minimum Gasteiger partial charge on any atom is -0.356 e. The molecular formula is C15H15ClN2OS. The zero-order chi connectivity index (χ0) is 14.1. The standard InChI is InChI=1S/C15H15ClN2OS/c1-3-10-13(20-2)8-12-11(15(10)16)9-17-18(12)14-6-4-5-7-19-14/h1,8-9,14H,4-7H2,2H3. The number of benzene rings is 1. The molecule has 5 heteroatoms. The van der Waals surface area contributed by atoms with Crippen molar-refractivity contribution in [2.75, 3.05) is 12.9 Å². The summed E-state index contributed by atoms with van der Waals surface area (Å²) >= 11 is 8.03. The Morgan fingerprint density at radius 1 is 1.55 bits per heavy atom. The Labute approximate surface area is 127 Å². The van der Waals surface area contributed by atoms with Gasteiger partial charge in [0.25, 0.3) is 0 Å². The predicted octanol–water partition coefficient (Wildman–Crippen LogP) is 4.09. The predicted molar refractivity (Wildman–Crippen MR) is 83.3 cm³/mol. The molecule has 1 aliphatic rings. The molecule has 1 unspecified atom stereocenters. The van der Waals surface area contributed by atoms with E-state index in [0.717, 1.165) is 47.2 Å². The second kappa shape index (κ2) is 5.69. The maximum atomic E-state index is 6.43.